The van der Waals surface area contributed by atoms with Crippen molar-refractivity contribution in [1.29, 1.82) is 0 Å². The summed E-state index contributed by atoms with van der Waals surface area (Å²) < 4.78 is 7.34. The van der Waals surface area contributed by atoms with Crippen LogP contribution in [0.4, 0.5) is 11.8 Å². The molecule has 27 heavy (non-hydrogen) atoms. The van der Waals surface area contributed by atoms with Crippen LogP contribution in [0.5, 0.6) is 0 Å². The van der Waals surface area contributed by atoms with Gasteiger partial charge >= 0.3 is 0 Å². The van der Waals surface area contributed by atoms with E-state index >= 15 is 0 Å². The van der Waals surface area contributed by atoms with E-state index in [9.17, 15) is 4.79 Å². The molecule has 9 heteroatoms. The second-order valence-corrected chi connectivity index (χ2v) is 6.98. The highest BCUT2D eigenvalue weighted by Crippen LogP contribution is 2.21. The molecule has 0 bridgehead atoms. The van der Waals surface area contributed by atoms with E-state index in [1.54, 1.807) is 24.2 Å². The van der Waals surface area contributed by atoms with Crippen LogP contribution < -0.4 is 15.1 Å². The molecule has 9 nitrogen and oxygen atoms in total. The lowest BCUT2D eigenvalue weighted by molar-refractivity contribution is -0.122. The average molecular weight is 373 g/mol. The molecule has 1 aliphatic rings. The van der Waals surface area contributed by atoms with Crippen LogP contribution in [0.3, 0.4) is 0 Å². The minimum Gasteiger partial charge on any atom is -0.377 e. The third-order valence-corrected chi connectivity index (χ3v) is 4.67. The van der Waals surface area contributed by atoms with Gasteiger partial charge in [0, 0.05) is 60.2 Å². The number of nitrogens with zero attached hydrogens (tertiary/aromatic N) is 6. The molecule has 0 radical (unpaired) electrons. The van der Waals surface area contributed by atoms with Gasteiger partial charge in [0.1, 0.15) is 5.82 Å². The Morgan fingerprint density at radius 1 is 1.41 bits per heavy atom. The van der Waals surface area contributed by atoms with Gasteiger partial charge in [-0.3, -0.25) is 9.48 Å². The Balaban J connectivity index is 1.59. The van der Waals surface area contributed by atoms with Gasteiger partial charge in [-0.2, -0.15) is 10.1 Å². The van der Waals surface area contributed by atoms with Crippen molar-refractivity contribution in [3.63, 3.8) is 0 Å². The van der Waals surface area contributed by atoms with Crippen LogP contribution in [-0.4, -0.2) is 72.1 Å². The molecule has 2 aromatic rings. The number of amides is 1. The number of hydrogen-bond acceptors (Lipinski definition) is 7. The van der Waals surface area contributed by atoms with Crippen molar-refractivity contribution >= 4 is 17.7 Å². The zero-order valence-electron chi connectivity index (χ0n) is 16.3. The Hall–Kier alpha value is -2.68. The lowest BCUT2D eigenvalue weighted by atomic mass is 10.1. The molecule has 0 spiro atoms. The zero-order chi connectivity index (χ0) is 19.4. The van der Waals surface area contributed by atoms with Gasteiger partial charge in [0.25, 0.3) is 0 Å². The molecule has 0 aliphatic carbocycles. The SMILES string of the molecule is CO[C@@H]1CN(c2ccnc(N(C)C)n2)C[C@@H]1NC(=O)CCc1cnn(C)c1. The van der Waals surface area contributed by atoms with Crippen LogP contribution >= 0.6 is 0 Å². The maximum absolute atomic E-state index is 12.4. The number of rotatable bonds is 7. The first-order valence-corrected chi connectivity index (χ1v) is 9.01. The third-order valence-electron chi connectivity index (χ3n) is 4.67. The fourth-order valence-electron chi connectivity index (χ4n) is 3.21. The molecule has 2 aromatic heterocycles. The standard InChI is InChI=1S/C18H27N7O2/c1-23(2)18-19-8-7-16(22-18)25-11-14(15(12-25)27-4)21-17(26)6-5-13-9-20-24(3)10-13/h7-10,14-15H,5-6,11-12H2,1-4H3,(H,21,26)/t14-,15+/m0/s1. The summed E-state index contributed by atoms with van der Waals surface area (Å²) in [6.07, 6.45) is 6.49. The van der Waals surface area contributed by atoms with Gasteiger partial charge in [0.2, 0.25) is 11.9 Å². The summed E-state index contributed by atoms with van der Waals surface area (Å²) in [5.41, 5.74) is 1.06. The van der Waals surface area contributed by atoms with Gasteiger partial charge in [0.05, 0.1) is 18.3 Å². The minimum absolute atomic E-state index is 0.0180. The lowest BCUT2D eigenvalue weighted by Gasteiger charge is -2.19. The number of carbonyl (C=O) groups is 1. The van der Waals surface area contributed by atoms with Crippen LogP contribution in [0.1, 0.15) is 12.0 Å². The van der Waals surface area contributed by atoms with Crippen LogP contribution in [0.15, 0.2) is 24.7 Å². The predicted octanol–water partition coefficient (Wildman–Crippen LogP) is 0.229. The topological polar surface area (TPSA) is 88.4 Å². The van der Waals surface area contributed by atoms with Gasteiger partial charge in [-0.25, -0.2) is 4.98 Å². The van der Waals surface area contributed by atoms with Crippen molar-refractivity contribution < 1.29 is 9.53 Å². The van der Waals surface area contributed by atoms with Gasteiger partial charge in [-0.05, 0) is 18.1 Å². The van der Waals surface area contributed by atoms with Crippen molar-refractivity contribution in [2.75, 3.05) is 44.1 Å². The molecule has 1 N–H and O–H groups in total. The molecule has 2 atom stereocenters. The summed E-state index contributed by atoms with van der Waals surface area (Å²) in [5.74, 6) is 1.51. The quantitative estimate of drug-likeness (QED) is 0.743. The molecule has 0 aromatic carbocycles. The molecule has 146 valence electrons. The monoisotopic (exact) mass is 373 g/mol. The first-order chi connectivity index (χ1) is 13.0. The first kappa shape index (κ1) is 19.1. The Bertz CT molecular complexity index is 777. The van der Waals surface area contributed by atoms with Crippen LogP contribution in [-0.2, 0) is 23.0 Å². The van der Waals surface area contributed by atoms with Crippen molar-refractivity contribution in [1.82, 2.24) is 25.1 Å². The smallest absolute Gasteiger partial charge is 0.226 e. The molecule has 1 saturated heterocycles. The number of hydrogen-bond donors (Lipinski definition) is 1. The molecule has 1 amide bonds. The number of ether oxygens (including phenoxy) is 1. The highest BCUT2D eigenvalue weighted by Gasteiger charge is 2.34. The van der Waals surface area contributed by atoms with Crippen molar-refractivity contribution in [2.45, 2.75) is 25.0 Å². The van der Waals surface area contributed by atoms with Crippen LogP contribution in [0.25, 0.3) is 0 Å². The Labute approximate surface area is 159 Å². The molecule has 0 unspecified atom stereocenters. The van der Waals surface area contributed by atoms with E-state index in [4.69, 9.17) is 4.74 Å². The van der Waals surface area contributed by atoms with Gasteiger partial charge in [-0.15, -0.1) is 0 Å². The number of anilines is 2. The van der Waals surface area contributed by atoms with Crippen LogP contribution in [0.2, 0.25) is 0 Å². The zero-order valence-corrected chi connectivity index (χ0v) is 16.3. The van der Waals surface area contributed by atoms with E-state index < -0.39 is 0 Å². The average Bonchev–Trinajstić information content (AvgIpc) is 3.26. The van der Waals surface area contributed by atoms with Crippen molar-refractivity contribution in [2.24, 2.45) is 7.05 Å². The summed E-state index contributed by atoms with van der Waals surface area (Å²) in [6.45, 7) is 1.33. The van der Waals surface area contributed by atoms with Gasteiger partial charge in [-0.1, -0.05) is 0 Å². The molecule has 3 heterocycles. The largest absolute Gasteiger partial charge is 0.377 e. The Kier molecular flexibility index (Phi) is 5.90. The fourth-order valence-corrected chi connectivity index (χ4v) is 3.21. The molecule has 3 rings (SSSR count). The summed E-state index contributed by atoms with van der Waals surface area (Å²) in [7, 11) is 7.36. The third kappa shape index (κ3) is 4.73. The summed E-state index contributed by atoms with van der Waals surface area (Å²) >= 11 is 0. The van der Waals surface area contributed by atoms with E-state index in [0.29, 0.717) is 31.9 Å². The summed E-state index contributed by atoms with van der Waals surface area (Å²) in [6, 6.07) is 1.81. The summed E-state index contributed by atoms with van der Waals surface area (Å²) in [4.78, 5) is 25.2. The second kappa shape index (κ2) is 8.34. The van der Waals surface area contributed by atoms with Gasteiger partial charge < -0.3 is 19.9 Å². The number of methoxy groups -OCH3 is 1. The Morgan fingerprint density at radius 3 is 2.89 bits per heavy atom. The molecule has 1 fully saturated rings. The highest BCUT2D eigenvalue weighted by atomic mass is 16.5. The molecule has 1 aliphatic heterocycles. The number of carbonyl (C=O) groups excluding carboxylic acids is 1. The number of aromatic nitrogens is 4. The Morgan fingerprint density at radius 2 is 2.22 bits per heavy atom. The lowest BCUT2D eigenvalue weighted by Crippen LogP contribution is -2.43. The van der Waals surface area contributed by atoms with E-state index in [1.165, 1.54) is 0 Å². The fraction of sp³-hybridized carbons (Fsp3) is 0.556. The summed E-state index contributed by atoms with van der Waals surface area (Å²) in [5, 5.41) is 7.24. The molecular weight excluding hydrogens is 346 g/mol. The van der Waals surface area contributed by atoms with E-state index in [2.05, 4.69) is 25.3 Å². The number of aryl methyl sites for hydroxylation is 2. The van der Waals surface area contributed by atoms with E-state index in [1.807, 2.05) is 38.3 Å². The normalized spacial score (nSPS) is 19.3. The van der Waals surface area contributed by atoms with Crippen molar-refractivity contribution in [3.05, 3.63) is 30.2 Å². The van der Waals surface area contributed by atoms with E-state index in [-0.39, 0.29) is 18.1 Å². The predicted molar refractivity (Wildman–Crippen MR) is 103 cm³/mol. The maximum atomic E-state index is 12.4. The number of nitrogens with one attached hydrogen (secondary N) is 1. The first-order valence-electron chi connectivity index (χ1n) is 9.01. The van der Waals surface area contributed by atoms with Crippen LogP contribution in [0, 0.1) is 0 Å². The molecular formula is C18H27N7O2. The van der Waals surface area contributed by atoms with Crippen molar-refractivity contribution in [3.8, 4) is 0 Å². The molecule has 0 saturated carbocycles. The maximum Gasteiger partial charge on any atom is 0.226 e. The highest BCUT2D eigenvalue weighted by molar-refractivity contribution is 5.76. The van der Waals surface area contributed by atoms with E-state index in [0.717, 1.165) is 11.4 Å². The van der Waals surface area contributed by atoms with Gasteiger partial charge in [0.15, 0.2) is 0 Å². The minimum atomic E-state index is -0.0786. The second-order valence-electron chi connectivity index (χ2n) is 6.98.